The van der Waals surface area contributed by atoms with Crippen molar-refractivity contribution in [3.8, 4) is 11.1 Å². The number of hydrogen-bond donors (Lipinski definition) is 2. The molecule has 0 saturated heterocycles. The van der Waals surface area contributed by atoms with Gasteiger partial charge < -0.3 is 10.7 Å². The maximum Gasteiger partial charge on any atom is 0.123 e. The van der Waals surface area contributed by atoms with E-state index < -0.39 is 0 Å². The summed E-state index contributed by atoms with van der Waals surface area (Å²) in [6, 6.07) is 13.0. The van der Waals surface area contributed by atoms with Crippen LogP contribution in [-0.2, 0) is 6.42 Å². The highest BCUT2D eigenvalue weighted by atomic mass is 19.1. The molecule has 0 bridgehead atoms. The summed E-state index contributed by atoms with van der Waals surface area (Å²) in [5.74, 6) is -0.205. The van der Waals surface area contributed by atoms with E-state index in [4.69, 9.17) is 5.73 Å². The van der Waals surface area contributed by atoms with Crippen LogP contribution in [0.2, 0.25) is 0 Å². The van der Waals surface area contributed by atoms with E-state index in [0.29, 0.717) is 0 Å². The minimum Gasteiger partial charge on any atom is -0.357 e. The summed E-state index contributed by atoms with van der Waals surface area (Å²) >= 11 is 0. The molecule has 3 heteroatoms. The van der Waals surface area contributed by atoms with Crippen LogP contribution in [0.1, 0.15) is 30.1 Å². The molecule has 106 valence electrons. The highest BCUT2D eigenvalue weighted by Gasteiger charge is 2.23. The van der Waals surface area contributed by atoms with Gasteiger partial charge in [-0.05, 0) is 54.2 Å². The lowest BCUT2D eigenvalue weighted by Gasteiger charge is -2.18. The maximum absolute atomic E-state index is 13.2. The predicted molar refractivity (Wildman–Crippen MR) is 83.6 cm³/mol. The predicted octanol–water partition coefficient (Wildman–Crippen LogP) is 4.31. The number of fused-ring (bicyclic) bond motifs is 3. The number of aromatic nitrogens is 1. The van der Waals surface area contributed by atoms with E-state index in [0.717, 1.165) is 35.9 Å². The molecule has 4 rings (SSSR count). The molecule has 0 fully saturated rings. The largest absolute Gasteiger partial charge is 0.357 e. The molecule has 0 spiro atoms. The number of benzene rings is 2. The van der Waals surface area contributed by atoms with Gasteiger partial charge in [0.1, 0.15) is 5.82 Å². The van der Waals surface area contributed by atoms with Gasteiger partial charge in [-0.15, -0.1) is 0 Å². The highest BCUT2D eigenvalue weighted by Crippen LogP contribution is 2.38. The number of H-pyrrole nitrogens is 1. The normalized spacial score (nSPS) is 17.9. The second-order valence-electron chi connectivity index (χ2n) is 5.75. The Labute approximate surface area is 122 Å². The minimum atomic E-state index is -0.205. The van der Waals surface area contributed by atoms with Crippen LogP contribution < -0.4 is 5.73 Å². The van der Waals surface area contributed by atoms with Crippen LogP contribution in [0.5, 0.6) is 0 Å². The van der Waals surface area contributed by atoms with E-state index in [1.807, 2.05) is 18.2 Å². The Morgan fingerprint density at radius 2 is 1.90 bits per heavy atom. The summed E-state index contributed by atoms with van der Waals surface area (Å²) in [7, 11) is 0. The van der Waals surface area contributed by atoms with Crippen molar-refractivity contribution in [3.05, 3.63) is 59.5 Å². The van der Waals surface area contributed by atoms with Crippen molar-refractivity contribution in [2.75, 3.05) is 0 Å². The van der Waals surface area contributed by atoms with Crippen molar-refractivity contribution in [1.29, 1.82) is 0 Å². The van der Waals surface area contributed by atoms with Gasteiger partial charge in [-0.3, -0.25) is 0 Å². The molecule has 1 aliphatic rings. The molecule has 2 nitrogen and oxygen atoms in total. The standard InChI is InChI=1S/C18H17FN2/c19-12-9-7-11(8-10-12)13-3-2-6-16-17(13)14-4-1-5-15(20)18(14)21-16/h2-3,6-10,15,21H,1,4-5,20H2. The Hall–Kier alpha value is -2.13. The first-order chi connectivity index (χ1) is 10.2. The fraction of sp³-hybridized carbons (Fsp3) is 0.222. The van der Waals surface area contributed by atoms with E-state index in [1.54, 1.807) is 0 Å². The monoisotopic (exact) mass is 280 g/mol. The quantitative estimate of drug-likeness (QED) is 0.685. The number of aromatic amines is 1. The van der Waals surface area contributed by atoms with Gasteiger partial charge in [0.2, 0.25) is 0 Å². The van der Waals surface area contributed by atoms with Gasteiger partial charge in [-0.2, -0.15) is 0 Å². The number of rotatable bonds is 1. The first kappa shape index (κ1) is 12.6. The van der Waals surface area contributed by atoms with Gasteiger partial charge >= 0.3 is 0 Å². The van der Waals surface area contributed by atoms with E-state index in [2.05, 4.69) is 17.1 Å². The van der Waals surface area contributed by atoms with Crippen LogP contribution in [-0.4, -0.2) is 4.98 Å². The molecule has 21 heavy (non-hydrogen) atoms. The number of nitrogens with two attached hydrogens (primary N) is 1. The molecule has 1 atom stereocenters. The zero-order chi connectivity index (χ0) is 14.4. The Balaban J connectivity index is 1.99. The summed E-state index contributed by atoms with van der Waals surface area (Å²) < 4.78 is 13.2. The number of nitrogens with one attached hydrogen (secondary N) is 1. The van der Waals surface area contributed by atoms with Crippen molar-refractivity contribution < 1.29 is 4.39 Å². The van der Waals surface area contributed by atoms with E-state index in [9.17, 15) is 4.39 Å². The van der Waals surface area contributed by atoms with E-state index in [1.165, 1.54) is 28.8 Å². The first-order valence-electron chi connectivity index (χ1n) is 7.39. The van der Waals surface area contributed by atoms with E-state index >= 15 is 0 Å². The van der Waals surface area contributed by atoms with Crippen LogP contribution >= 0.6 is 0 Å². The van der Waals surface area contributed by atoms with Gasteiger partial charge in [0.25, 0.3) is 0 Å². The van der Waals surface area contributed by atoms with Crippen LogP contribution in [0.4, 0.5) is 4.39 Å². The zero-order valence-corrected chi connectivity index (χ0v) is 11.7. The Bertz CT molecular complexity index is 802. The molecule has 1 unspecified atom stereocenters. The maximum atomic E-state index is 13.2. The average Bonchev–Trinajstić information content (AvgIpc) is 2.88. The lowest BCUT2D eigenvalue weighted by atomic mass is 9.89. The Morgan fingerprint density at radius 3 is 2.71 bits per heavy atom. The number of hydrogen-bond acceptors (Lipinski definition) is 1. The third-order valence-electron chi connectivity index (χ3n) is 4.43. The molecule has 3 aromatic rings. The Morgan fingerprint density at radius 1 is 1.10 bits per heavy atom. The SMILES string of the molecule is NC1CCCc2c1[nH]c1cccc(-c3ccc(F)cc3)c21. The molecular weight excluding hydrogens is 263 g/mol. The topological polar surface area (TPSA) is 41.8 Å². The molecule has 0 saturated carbocycles. The van der Waals surface area contributed by atoms with Crippen molar-refractivity contribution in [2.45, 2.75) is 25.3 Å². The zero-order valence-electron chi connectivity index (χ0n) is 11.7. The molecule has 2 aromatic carbocycles. The number of aryl methyl sites for hydroxylation is 1. The van der Waals surface area contributed by atoms with Crippen LogP contribution in [0.25, 0.3) is 22.0 Å². The summed E-state index contributed by atoms with van der Waals surface area (Å²) in [5.41, 5.74) is 12.1. The third kappa shape index (κ3) is 1.96. The van der Waals surface area contributed by atoms with Crippen molar-refractivity contribution in [1.82, 2.24) is 4.98 Å². The Kier molecular flexibility index (Phi) is 2.82. The summed E-state index contributed by atoms with van der Waals surface area (Å²) in [4.78, 5) is 3.49. The van der Waals surface area contributed by atoms with Crippen molar-refractivity contribution in [2.24, 2.45) is 5.73 Å². The van der Waals surface area contributed by atoms with Crippen LogP contribution in [0.15, 0.2) is 42.5 Å². The molecule has 1 heterocycles. The van der Waals surface area contributed by atoms with Gasteiger partial charge in [0.05, 0.1) is 0 Å². The molecular formula is C18H17FN2. The molecule has 0 radical (unpaired) electrons. The third-order valence-corrected chi connectivity index (χ3v) is 4.43. The molecule has 1 aromatic heterocycles. The summed E-state index contributed by atoms with van der Waals surface area (Å²) in [6.45, 7) is 0. The summed E-state index contributed by atoms with van der Waals surface area (Å²) in [6.07, 6.45) is 3.21. The fourth-order valence-corrected chi connectivity index (χ4v) is 3.43. The second-order valence-corrected chi connectivity index (χ2v) is 5.75. The summed E-state index contributed by atoms with van der Waals surface area (Å²) in [5, 5.41) is 1.24. The van der Waals surface area contributed by atoms with Crippen molar-refractivity contribution in [3.63, 3.8) is 0 Å². The van der Waals surface area contributed by atoms with Crippen LogP contribution in [0, 0.1) is 5.82 Å². The molecule has 0 amide bonds. The van der Waals surface area contributed by atoms with Gasteiger partial charge in [-0.1, -0.05) is 24.3 Å². The lowest BCUT2D eigenvalue weighted by Crippen LogP contribution is -2.16. The average molecular weight is 280 g/mol. The smallest absolute Gasteiger partial charge is 0.123 e. The lowest BCUT2D eigenvalue weighted by molar-refractivity contribution is 0.562. The fourth-order valence-electron chi connectivity index (χ4n) is 3.43. The highest BCUT2D eigenvalue weighted by molar-refractivity contribution is 5.98. The van der Waals surface area contributed by atoms with Crippen LogP contribution in [0.3, 0.4) is 0 Å². The second kappa shape index (κ2) is 4.71. The van der Waals surface area contributed by atoms with Gasteiger partial charge in [0, 0.05) is 22.6 Å². The van der Waals surface area contributed by atoms with Crippen molar-refractivity contribution >= 4 is 10.9 Å². The molecule has 1 aliphatic carbocycles. The van der Waals surface area contributed by atoms with Gasteiger partial charge in [0.15, 0.2) is 0 Å². The number of halogens is 1. The first-order valence-corrected chi connectivity index (χ1v) is 7.39. The minimum absolute atomic E-state index is 0.0993. The molecule has 0 aliphatic heterocycles. The van der Waals surface area contributed by atoms with Gasteiger partial charge in [-0.25, -0.2) is 4.39 Å². The van der Waals surface area contributed by atoms with E-state index in [-0.39, 0.29) is 11.9 Å². The molecule has 3 N–H and O–H groups in total.